The van der Waals surface area contributed by atoms with Crippen LogP contribution in [-0.4, -0.2) is 36.1 Å². The number of likely N-dealkylation sites (N-methyl/N-ethyl adjacent to an activating group) is 1. The monoisotopic (exact) mass is 454 g/mol. The minimum Gasteiger partial charge on any atom is -0.508 e. The molecule has 0 radical (unpaired) electrons. The molecule has 174 valence electrons. The summed E-state index contributed by atoms with van der Waals surface area (Å²) in [6.07, 6.45) is 6.03. The van der Waals surface area contributed by atoms with E-state index in [9.17, 15) is 15.0 Å². The van der Waals surface area contributed by atoms with Gasteiger partial charge in [0.2, 0.25) is 0 Å². The first kappa shape index (κ1) is 23.3. The third-order valence-corrected chi connectivity index (χ3v) is 6.12. The largest absolute Gasteiger partial charge is 0.508 e. The van der Waals surface area contributed by atoms with E-state index >= 15 is 0 Å². The van der Waals surface area contributed by atoms with Crippen LogP contribution in [0.4, 0.5) is 11.4 Å². The molecule has 0 saturated heterocycles. The quantitative estimate of drug-likeness (QED) is 0.418. The van der Waals surface area contributed by atoms with E-state index in [1.807, 2.05) is 80.7 Å². The van der Waals surface area contributed by atoms with Gasteiger partial charge in [0.1, 0.15) is 11.4 Å². The molecule has 0 fully saturated rings. The number of anilines is 2. The summed E-state index contributed by atoms with van der Waals surface area (Å²) in [5.41, 5.74) is 3.08. The van der Waals surface area contributed by atoms with Gasteiger partial charge in [0.15, 0.2) is 5.78 Å². The minimum absolute atomic E-state index is 0.0302. The molecule has 1 unspecified atom stereocenters. The highest BCUT2D eigenvalue weighted by Gasteiger charge is 2.36. The number of para-hydroxylation sites is 1. The van der Waals surface area contributed by atoms with Crippen molar-refractivity contribution in [3.63, 3.8) is 0 Å². The Kier molecular flexibility index (Phi) is 6.85. The summed E-state index contributed by atoms with van der Waals surface area (Å²) in [5.74, 6) is 0.150. The number of aliphatic hydroxyl groups is 1. The molecule has 0 saturated carbocycles. The number of carbonyl (C=O) groups excluding carboxylic acids is 1. The number of carbonyl (C=O) groups is 1. The van der Waals surface area contributed by atoms with Gasteiger partial charge >= 0.3 is 0 Å². The van der Waals surface area contributed by atoms with E-state index in [4.69, 9.17) is 0 Å². The molecule has 0 spiro atoms. The van der Waals surface area contributed by atoms with Crippen molar-refractivity contribution < 1.29 is 15.0 Å². The Morgan fingerprint density at radius 2 is 1.62 bits per heavy atom. The van der Waals surface area contributed by atoms with Gasteiger partial charge in [-0.15, -0.1) is 0 Å². The summed E-state index contributed by atoms with van der Waals surface area (Å²) in [4.78, 5) is 13.8. The lowest BCUT2D eigenvalue weighted by molar-refractivity contribution is -0.113. The van der Waals surface area contributed by atoms with E-state index in [-0.39, 0.29) is 11.5 Å². The first-order valence-electron chi connectivity index (χ1n) is 11.5. The van der Waals surface area contributed by atoms with Crippen LogP contribution in [0.5, 0.6) is 5.75 Å². The Balaban J connectivity index is 1.69. The first-order chi connectivity index (χ1) is 16.4. The van der Waals surface area contributed by atoms with Crippen LogP contribution in [0.25, 0.3) is 0 Å². The maximum absolute atomic E-state index is 12.1. The number of nitrogens with one attached hydrogen (secondary N) is 1. The summed E-state index contributed by atoms with van der Waals surface area (Å²) in [6.45, 7) is 3.44. The Hall–Kier alpha value is -3.83. The van der Waals surface area contributed by atoms with Crippen LogP contribution in [0.15, 0.2) is 96.6 Å². The highest BCUT2D eigenvalue weighted by molar-refractivity contribution is 5.93. The Morgan fingerprint density at radius 3 is 2.24 bits per heavy atom. The van der Waals surface area contributed by atoms with Gasteiger partial charge in [0, 0.05) is 43.5 Å². The molecule has 0 heterocycles. The molecule has 0 aliphatic heterocycles. The fourth-order valence-electron chi connectivity index (χ4n) is 4.35. The number of phenolic OH excluding ortho intramolecular Hbond substituents is 1. The van der Waals surface area contributed by atoms with Crippen molar-refractivity contribution in [1.82, 2.24) is 0 Å². The van der Waals surface area contributed by atoms with Crippen molar-refractivity contribution in [3.05, 3.63) is 113 Å². The third-order valence-electron chi connectivity index (χ3n) is 6.12. The van der Waals surface area contributed by atoms with Crippen LogP contribution in [0.2, 0.25) is 0 Å². The highest BCUT2D eigenvalue weighted by atomic mass is 16.3. The van der Waals surface area contributed by atoms with Crippen LogP contribution in [0.3, 0.4) is 0 Å². The number of benzene rings is 3. The van der Waals surface area contributed by atoms with E-state index in [0.717, 1.165) is 23.5 Å². The van der Waals surface area contributed by atoms with Crippen molar-refractivity contribution in [1.29, 1.82) is 0 Å². The van der Waals surface area contributed by atoms with E-state index in [1.165, 1.54) is 0 Å². The van der Waals surface area contributed by atoms with E-state index < -0.39 is 5.60 Å². The first-order valence-corrected chi connectivity index (χ1v) is 11.5. The molecule has 5 nitrogen and oxygen atoms in total. The average molecular weight is 455 g/mol. The zero-order valence-electron chi connectivity index (χ0n) is 19.5. The second kappa shape index (κ2) is 9.98. The van der Waals surface area contributed by atoms with Crippen LogP contribution in [0.1, 0.15) is 30.0 Å². The molecule has 1 aliphatic carbocycles. The van der Waals surface area contributed by atoms with Crippen LogP contribution < -0.4 is 10.2 Å². The van der Waals surface area contributed by atoms with Gasteiger partial charge in [0.25, 0.3) is 0 Å². The number of aromatic hydroxyl groups is 1. The number of hydrogen-bond acceptors (Lipinski definition) is 5. The van der Waals surface area contributed by atoms with E-state index in [1.54, 1.807) is 24.3 Å². The zero-order valence-corrected chi connectivity index (χ0v) is 19.5. The van der Waals surface area contributed by atoms with Gasteiger partial charge in [-0.3, -0.25) is 4.79 Å². The number of hydrogen-bond donors (Lipinski definition) is 3. The molecule has 0 aromatic heterocycles. The van der Waals surface area contributed by atoms with Crippen LogP contribution in [-0.2, 0) is 10.4 Å². The van der Waals surface area contributed by atoms with Crippen LogP contribution >= 0.6 is 0 Å². The van der Waals surface area contributed by atoms with Crippen molar-refractivity contribution >= 4 is 17.2 Å². The number of phenols is 1. The van der Waals surface area contributed by atoms with Gasteiger partial charge < -0.3 is 20.4 Å². The molecule has 1 atom stereocenters. The topological polar surface area (TPSA) is 72.8 Å². The van der Waals surface area contributed by atoms with E-state index in [2.05, 4.69) is 10.2 Å². The maximum atomic E-state index is 12.1. The average Bonchev–Trinajstić information content (AvgIpc) is 2.85. The molecular formula is C29H30N2O3. The molecule has 3 aromatic rings. The molecule has 0 amide bonds. The van der Waals surface area contributed by atoms with Gasteiger partial charge in [-0.25, -0.2) is 0 Å². The molecule has 0 bridgehead atoms. The number of allylic oxidation sites excluding steroid dienone is 2. The normalized spacial score (nSPS) is 14.9. The van der Waals surface area contributed by atoms with Gasteiger partial charge in [-0.2, -0.15) is 0 Å². The smallest absolute Gasteiger partial charge is 0.159 e. The Labute approximate surface area is 200 Å². The zero-order chi connectivity index (χ0) is 24.1. The number of rotatable bonds is 8. The fourth-order valence-corrected chi connectivity index (χ4v) is 4.35. The second-order valence-corrected chi connectivity index (χ2v) is 8.53. The molecule has 1 aliphatic rings. The molecular weight excluding hydrogens is 424 g/mol. The SMILES string of the molecule is CCNc1ccc(C(O)(c2ccc(N(C)CC3=CC(=O)CC=C3)cc2)c2ccccc2O)cc1. The fraction of sp³-hybridized carbons (Fsp3) is 0.207. The Morgan fingerprint density at radius 1 is 0.971 bits per heavy atom. The van der Waals surface area contributed by atoms with Crippen molar-refractivity contribution in [2.24, 2.45) is 0 Å². The predicted molar refractivity (Wildman–Crippen MR) is 137 cm³/mol. The summed E-state index contributed by atoms with van der Waals surface area (Å²) in [5, 5.41) is 26.0. The summed E-state index contributed by atoms with van der Waals surface area (Å²) >= 11 is 0. The lowest BCUT2D eigenvalue weighted by atomic mass is 9.80. The van der Waals surface area contributed by atoms with Crippen LogP contribution in [0, 0.1) is 0 Å². The van der Waals surface area contributed by atoms with Gasteiger partial charge in [0.05, 0.1) is 0 Å². The molecule has 5 heteroatoms. The highest BCUT2D eigenvalue weighted by Crippen LogP contribution is 2.41. The van der Waals surface area contributed by atoms with Crippen molar-refractivity contribution in [2.45, 2.75) is 18.9 Å². The standard InChI is InChI=1S/C29H30N2O3/c1-3-30-24-15-11-22(12-16-24)29(34,27-9-4-5-10-28(27)33)23-13-17-25(18-14-23)31(2)20-21-7-6-8-26(32)19-21/h4-7,9-19,30,33-34H,3,8,20H2,1-2H3. The number of nitrogens with zero attached hydrogens (tertiary/aromatic N) is 1. The molecule has 3 aromatic carbocycles. The third kappa shape index (κ3) is 4.75. The minimum atomic E-state index is -1.53. The summed E-state index contributed by atoms with van der Waals surface area (Å²) < 4.78 is 0. The van der Waals surface area contributed by atoms with Crippen molar-refractivity contribution in [2.75, 3.05) is 30.4 Å². The summed E-state index contributed by atoms with van der Waals surface area (Å²) in [6, 6.07) is 22.1. The van der Waals surface area contributed by atoms with Gasteiger partial charge in [-0.05, 0) is 60.0 Å². The Bertz CT molecular complexity index is 1210. The predicted octanol–water partition coefficient (Wildman–Crippen LogP) is 5.00. The molecule has 3 N–H and O–H groups in total. The van der Waals surface area contributed by atoms with Gasteiger partial charge in [-0.1, -0.05) is 54.6 Å². The molecule has 34 heavy (non-hydrogen) atoms. The molecule has 4 rings (SSSR count). The number of ketones is 1. The van der Waals surface area contributed by atoms with E-state index in [0.29, 0.717) is 29.7 Å². The lowest BCUT2D eigenvalue weighted by Crippen LogP contribution is -2.29. The van der Waals surface area contributed by atoms with Crippen molar-refractivity contribution in [3.8, 4) is 5.75 Å². The summed E-state index contributed by atoms with van der Waals surface area (Å²) in [7, 11) is 1.97. The maximum Gasteiger partial charge on any atom is 0.159 e. The lowest BCUT2D eigenvalue weighted by Gasteiger charge is -2.31. The second-order valence-electron chi connectivity index (χ2n) is 8.53.